The topological polar surface area (TPSA) is 24.9 Å². The van der Waals surface area contributed by atoms with Gasteiger partial charge in [0.2, 0.25) is 0 Å². The van der Waals surface area contributed by atoms with Crippen LogP contribution in [0.15, 0.2) is 22.9 Å². The van der Waals surface area contributed by atoms with Crippen LogP contribution in [0, 0.1) is 5.92 Å². The Hall–Kier alpha value is -0.410. The number of hydrogen-bond donors (Lipinski definition) is 1. The molecule has 1 heterocycles. The van der Waals surface area contributed by atoms with Gasteiger partial charge in [0.1, 0.15) is 0 Å². The highest BCUT2D eigenvalue weighted by molar-refractivity contribution is 9.10. The van der Waals surface area contributed by atoms with Crippen molar-refractivity contribution < 1.29 is 0 Å². The maximum absolute atomic E-state index is 4.19. The molecule has 0 aromatic carbocycles. The van der Waals surface area contributed by atoms with Gasteiger partial charge in [0.15, 0.2) is 0 Å². The maximum Gasteiger partial charge on any atom is 0.0410 e. The van der Waals surface area contributed by atoms with Gasteiger partial charge in [-0.05, 0) is 59.3 Å². The normalized spacial score (nSPS) is 13.0. The van der Waals surface area contributed by atoms with Crippen LogP contribution in [0.5, 0.6) is 0 Å². The monoisotopic (exact) mass is 298 g/mol. The first kappa shape index (κ1) is 14.7. The van der Waals surface area contributed by atoms with E-state index in [-0.39, 0.29) is 0 Å². The summed E-state index contributed by atoms with van der Waals surface area (Å²) in [6, 6.07) is 2.80. The van der Waals surface area contributed by atoms with Crippen molar-refractivity contribution in [2.75, 3.05) is 6.54 Å². The number of pyridine rings is 1. The van der Waals surface area contributed by atoms with Crippen molar-refractivity contribution in [3.8, 4) is 0 Å². The molecule has 1 aromatic rings. The first-order valence-corrected chi connectivity index (χ1v) is 7.25. The number of aryl methyl sites for hydroxylation is 1. The highest BCUT2D eigenvalue weighted by atomic mass is 79.9. The van der Waals surface area contributed by atoms with Crippen molar-refractivity contribution in [3.63, 3.8) is 0 Å². The van der Waals surface area contributed by atoms with Gasteiger partial charge in [-0.2, -0.15) is 0 Å². The third-order valence-electron chi connectivity index (χ3n) is 3.01. The Morgan fingerprint density at radius 3 is 2.71 bits per heavy atom. The van der Waals surface area contributed by atoms with Crippen LogP contribution in [0.3, 0.4) is 0 Å². The number of rotatable bonds is 7. The summed E-state index contributed by atoms with van der Waals surface area (Å²) in [5.74, 6) is 0.704. The largest absolute Gasteiger partial charge is 0.314 e. The lowest BCUT2D eigenvalue weighted by molar-refractivity contribution is 0.377. The molecule has 0 aliphatic heterocycles. The Morgan fingerprint density at radius 2 is 2.12 bits per heavy atom. The lowest BCUT2D eigenvalue weighted by Crippen LogP contribution is -2.33. The van der Waals surface area contributed by atoms with Crippen molar-refractivity contribution >= 4 is 15.9 Å². The molecular formula is C14H23BrN2. The summed E-state index contributed by atoms with van der Waals surface area (Å²) >= 11 is 3.46. The minimum atomic E-state index is 0.639. The summed E-state index contributed by atoms with van der Waals surface area (Å²) in [5, 5.41) is 3.55. The van der Waals surface area contributed by atoms with Gasteiger partial charge in [-0.1, -0.05) is 20.8 Å². The molecule has 0 amide bonds. The Labute approximate surface area is 113 Å². The predicted molar refractivity (Wildman–Crippen MR) is 77.2 cm³/mol. The lowest BCUT2D eigenvalue weighted by Gasteiger charge is -2.21. The molecule has 0 fully saturated rings. The van der Waals surface area contributed by atoms with E-state index >= 15 is 0 Å². The van der Waals surface area contributed by atoms with E-state index in [9.17, 15) is 0 Å². The van der Waals surface area contributed by atoms with Gasteiger partial charge in [-0.15, -0.1) is 0 Å². The van der Waals surface area contributed by atoms with Gasteiger partial charge < -0.3 is 5.32 Å². The molecular weight excluding hydrogens is 276 g/mol. The van der Waals surface area contributed by atoms with Crippen molar-refractivity contribution in [2.45, 2.75) is 46.1 Å². The van der Waals surface area contributed by atoms with Crippen molar-refractivity contribution in [2.24, 2.45) is 5.92 Å². The molecule has 0 spiro atoms. The van der Waals surface area contributed by atoms with E-state index in [4.69, 9.17) is 0 Å². The van der Waals surface area contributed by atoms with Crippen LogP contribution < -0.4 is 5.32 Å². The fraction of sp³-hybridized carbons (Fsp3) is 0.643. The lowest BCUT2D eigenvalue weighted by atomic mass is 9.97. The second-order valence-corrected chi connectivity index (χ2v) is 5.73. The van der Waals surface area contributed by atoms with E-state index in [0.717, 1.165) is 17.4 Å². The van der Waals surface area contributed by atoms with Crippen molar-refractivity contribution in [1.29, 1.82) is 0 Å². The summed E-state index contributed by atoms with van der Waals surface area (Å²) < 4.78 is 1.07. The van der Waals surface area contributed by atoms with Gasteiger partial charge >= 0.3 is 0 Å². The fourth-order valence-corrected chi connectivity index (χ4v) is 2.46. The molecule has 1 unspecified atom stereocenters. The average molecular weight is 299 g/mol. The molecule has 96 valence electrons. The fourth-order valence-electron chi connectivity index (χ4n) is 2.05. The Morgan fingerprint density at radius 1 is 1.35 bits per heavy atom. The van der Waals surface area contributed by atoms with Crippen LogP contribution in [-0.2, 0) is 6.42 Å². The smallest absolute Gasteiger partial charge is 0.0410 e. The number of hydrogen-bond acceptors (Lipinski definition) is 2. The maximum atomic E-state index is 4.19. The highest BCUT2D eigenvalue weighted by Crippen LogP contribution is 2.14. The van der Waals surface area contributed by atoms with E-state index in [0.29, 0.717) is 12.0 Å². The second-order valence-electron chi connectivity index (χ2n) is 4.81. The number of nitrogens with one attached hydrogen (secondary N) is 1. The molecule has 0 bridgehead atoms. The summed E-state index contributed by atoms with van der Waals surface area (Å²) in [5.41, 5.74) is 1.32. The molecule has 0 saturated carbocycles. The van der Waals surface area contributed by atoms with Crippen molar-refractivity contribution in [1.82, 2.24) is 10.3 Å². The van der Waals surface area contributed by atoms with E-state index in [1.165, 1.54) is 18.4 Å². The van der Waals surface area contributed by atoms with E-state index in [1.807, 2.05) is 12.4 Å². The minimum absolute atomic E-state index is 0.639. The molecule has 0 radical (unpaired) electrons. The van der Waals surface area contributed by atoms with Gasteiger partial charge in [-0.3, -0.25) is 4.98 Å². The minimum Gasteiger partial charge on any atom is -0.314 e. The first-order chi connectivity index (χ1) is 8.13. The summed E-state index contributed by atoms with van der Waals surface area (Å²) in [4.78, 5) is 4.19. The zero-order valence-electron chi connectivity index (χ0n) is 11.0. The summed E-state index contributed by atoms with van der Waals surface area (Å²) in [7, 11) is 0. The average Bonchev–Trinajstić information content (AvgIpc) is 2.28. The Bertz CT molecular complexity index is 326. The second kappa shape index (κ2) is 7.83. The van der Waals surface area contributed by atoms with Gasteiger partial charge in [0, 0.05) is 22.9 Å². The third-order valence-corrected chi connectivity index (χ3v) is 3.45. The van der Waals surface area contributed by atoms with E-state index in [1.54, 1.807) is 0 Å². The van der Waals surface area contributed by atoms with Gasteiger partial charge in [0.25, 0.3) is 0 Å². The molecule has 17 heavy (non-hydrogen) atoms. The molecule has 1 atom stereocenters. The van der Waals surface area contributed by atoms with Crippen LogP contribution >= 0.6 is 15.9 Å². The number of halogens is 1. The standard InChI is InChI=1S/C14H23BrN2/c1-4-17-14(11(2)3)7-5-6-12-8-13(15)10-16-9-12/h8-11,14,17H,4-7H2,1-3H3. The SMILES string of the molecule is CCNC(CCCc1cncc(Br)c1)C(C)C. The quantitative estimate of drug-likeness (QED) is 0.828. The van der Waals surface area contributed by atoms with Crippen LogP contribution in [0.2, 0.25) is 0 Å². The molecule has 3 heteroatoms. The Kier molecular flexibility index (Phi) is 6.75. The first-order valence-electron chi connectivity index (χ1n) is 6.46. The molecule has 0 aliphatic carbocycles. The zero-order valence-corrected chi connectivity index (χ0v) is 12.6. The van der Waals surface area contributed by atoms with Crippen LogP contribution in [-0.4, -0.2) is 17.6 Å². The summed E-state index contributed by atoms with van der Waals surface area (Å²) in [6.45, 7) is 7.80. The predicted octanol–water partition coefficient (Wildman–Crippen LogP) is 3.80. The van der Waals surface area contributed by atoms with E-state index < -0.39 is 0 Å². The highest BCUT2D eigenvalue weighted by Gasteiger charge is 2.11. The summed E-state index contributed by atoms with van der Waals surface area (Å²) in [6.07, 6.45) is 7.36. The zero-order chi connectivity index (χ0) is 12.7. The van der Waals surface area contributed by atoms with Crippen molar-refractivity contribution in [3.05, 3.63) is 28.5 Å². The molecule has 1 aromatic heterocycles. The number of nitrogens with zero attached hydrogens (tertiary/aromatic N) is 1. The van der Waals surface area contributed by atoms with E-state index in [2.05, 4.69) is 53.1 Å². The number of aromatic nitrogens is 1. The van der Waals surface area contributed by atoms with Crippen LogP contribution in [0.1, 0.15) is 39.2 Å². The van der Waals surface area contributed by atoms with Gasteiger partial charge in [0.05, 0.1) is 0 Å². The molecule has 0 aliphatic rings. The van der Waals surface area contributed by atoms with Gasteiger partial charge in [-0.25, -0.2) is 0 Å². The molecule has 2 nitrogen and oxygen atoms in total. The third kappa shape index (κ3) is 5.64. The molecule has 0 saturated heterocycles. The van der Waals surface area contributed by atoms with Crippen LogP contribution in [0.25, 0.3) is 0 Å². The molecule has 1 rings (SSSR count). The molecule has 1 N–H and O–H groups in total. The van der Waals surface area contributed by atoms with Crippen LogP contribution in [0.4, 0.5) is 0 Å². The Balaban J connectivity index is 2.35.